The summed E-state index contributed by atoms with van der Waals surface area (Å²) in [6.45, 7) is 0.357. The molecule has 0 spiro atoms. The van der Waals surface area contributed by atoms with Crippen molar-refractivity contribution >= 4 is 28.1 Å². The molecule has 7 heteroatoms. The van der Waals surface area contributed by atoms with Crippen LogP contribution in [0.4, 0.5) is 0 Å². The first-order valence-electron chi connectivity index (χ1n) is 4.93. The minimum absolute atomic E-state index is 0.357. The molecule has 0 amide bonds. The molecule has 3 rings (SSSR count). The topological polar surface area (TPSA) is 89.8 Å². The van der Waals surface area contributed by atoms with E-state index in [0.29, 0.717) is 12.4 Å². The van der Waals surface area contributed by atoms with Gasteiger partial charge in [-0.05, 0) is 24.3 Å². The normalized spacial score (nSPS) is 19.4. The van der Waals surface area contributed by atoms with Gasteiger partial charge in [0.05, 0.1) is 6.54 Å². The van der Waals surface area contributed by atoms with Crippen molar-refractivity contribution in [2.75, 3.05) is 0 Å². The number of fused-ring (bicyclic) bond motifs is 1. The van der Waals surface area contributed by atoms with Crippen molar-refractivity contribution in [3.63, 3.8) is 0 Å². The van der Waals surface area contributed by atoms with E-state index in [9.17, 15) is 4.21 Å². The maximum atomic E-state index is 10.9. The van der Waals surface area contributed by atoms with Crippen LogP contribution in [0.1, 0.15) is 11.3 Å². The SMILES string of the molecule is NCc1cc2cc(C3=NS(=O)ON3)ccc2o1. The lowest BCUT2D eigenvalue weighted by Crippen LogP contribution is -2.17. The Labute approximate surface area is 99.2 Å². The molecule has 0 fully saturated rings. The van der Waals surface area contributed by atoms with Crippen molar-refractivity contribution in [3.05, 3.63) is 35.6 Å². The molecule has 0 saturated heterocycles. The largest absolute Gasteiger partial charge is 0.460 e. The van der Waals surface area contributed by atoms with Gasteiger partial charge in [-0.2, -0.15) is 4.28 Å². The zero-order valence-corrected chi connectivity index (χ0v) is 9.49. The Bertz CT molecular complexity index is 635. The zero-order chi connectivity index (χ0) is 11.8. The highest BCUT2D eigenvalue weighted by atomic mass is 32.2. The van der Waals surface area contributed by atoms with E-state index in [0.717, 1.165) is 22.3 Å². The van der Waals surface area contributed by atoms with Gasteiger partial charge < -0.3 is 10.2 Å². The molecule has 1 aromatic heterocycles. The monoisotopic (exact) mass is 251 g/mol. The van der Waals surface area contributed by atoms with E-state index in [1.807, 2.05) is 24.3 Å². The van der Waals surface area contributed by atoms with Gasteiger partial charge in [0, 0.05) is 10.9 Å². The molecule has 1 unspecified atom stereocenters. The summed E-state index contributed by atoms with van der Waals surface area (Å²) in [4.78, 5) is 0. The van der Waals surface area contributed by atoms with Crippen LogP contribution < -0.4 is 11.2 Å². The van der Waals surface area contributed by atoms with E-state index in [1.165, 1.54) is 0 Å². The summed E-state index contributed by atoms with van der Waals surface area (Å²) in [5, 5.41) is 0.921. The van der Waals surface area contributed by atoms with Crippen LogP contribution in [0.2, 0.25) is 0 Å². The number of nitrogens with one attached hydrogen (secondary N) is 1. The Morgan fingerprint density at radius 1 is 1.41 bits per heavy atom. The fourth-order valence-corrected chi connectivity index (χ4v) is 2.12. The van der Waals surface area contributed by atoms with Crippen LogP contribution in [0, 0.1) is 0 Å². The van der Waals surface area contributed by atoms with Crippen LogP contribution in [-0.4, -0.2) is 10.0 Å². The number of nitrogens with two attached hydrogens (primary N) is 1. The molecule has 0 saturated carbocycles. The molecule has 3 N–H and O–H groups in total. The van der Waals surface area contributed by atoms with Crippen LogP contribution in [0.5, 0.6) is 0 Å². The predicted octanol–water partition coefficient (Wildman–Crippen LogP) is 0.752. The first kappa shape index (κ1) is 10.5. The highest BCUT2D eigenvalue weighted by molar-refractivity contribution is 7.79. The van der Waals surface area contributed by atoms with Gasteiger partial charge >= 0.3 is 11.3 Å². The molecular weight excluding hydrogens is 242 g/mol. The lowest BCUT2D eigenvalue weighted by atomic mass is 10.1. The fraction of sp³-hybridized carbons (Fsp3) is 0.100. The molecule has 0 aliphatic carbocycles. The standard InChI is InChI=1S/C10H9N3O3S/c11-5-8-4-7-3-6(1-2-9(7)15-8)10-12-16-17(14)13-10/h1-4H,5,11H2,(H,12,13). The predicted molar refractivity (Wildman–Crippen MR) is 63.0 cm³/mol. The molecule has 1 aromatic carbocycles. The van der Waals surface area contributed by atoms with Crippen molar-refractivity contribution in [2.45, 2.75) is 6.54 Å². The molecule has 0 radical (unpaired) electrons. The minimum Gasteiger partial charge on any atom is -0.460 e. The van der Waals surface area contributed by atoms with Gasteiger partial charge in [0.1, 0.15) is 11.3 Å². The van der Waals surface area contributed by atoms with E-state index in [1.54, 1.807) is 0 Å². The second-order valence-corrected chi connectivity index (χ2v) is 4.30. The number of amidine groups is 1. The summed E-state index contributed by atoms with van der Waals surface area (Å²) in [5.41, 5.74) is 9.55. The lowest BCUT2D eigenvalue weighted by Gasteiger charge is -1.98. The molecule has 1 aliphatic rings. The summed E-state index contributed by atoms with van der Waals surface area (Å²) >= 11 is -1.65. The average molecular weight is 251 g/mol. The van der Waals surface area contributed by atoms with Crippen molar-refractivity contribution < 1.29 is 12.9 Å². The third-order valence-electron chi connectivity index (χ3n) is 2.42. The first-order chi connectivity index (χ1) is 8.26. The number of hydrogen-bond acceptors (Lipinski definition) is 5. The molecule has 17 heavy (non-hydrogen) atoms. The van der Waals surface area contributed by atoms with Crippen LogP contribution in [0.15, 0.2) is 33.1 Å². The maximum absolute atomic E-state index is 10.9. The molecule has 2 aromatic rings. The molecule has 0 bridgehead atoms. The summed E-state index contributed by atoms with van der Waals surface area (Å²) in [7, 11) is 0. The molecular formula is C10H9N3O3S. The second kappa shape index (κ2) is 3.95. The van der Waals surface area contributed by atoms with Gasteiger partial charge in [-0.3, -0.25) is 0 Å². The minimum atomic E-state index is -1.65. The number of benzene rings is 1. The van der Waals surface area contributed by atoms with E-state index in [-0.39, 0.29) is 0 Å². The number of nitrogens with zero attached hydrogens (tertiary/aromatic N) is 1. The first-order valence-corrected chi connectivity index (χ1v) is 5.96. The summed E-state index contributed by atoms with van der Waals surface area (Å²) < 4.78 is 24.9. The summed E-state index contributed by atoms with van der Waals surface area (Å²) in [6, 6.07) is 7.36. The Hall–Kier alpha value is -1.70. The Kier molecular flexibility index (Phi) is 2.43. The van der Waals surface area contributed by atoms with Crippen molar-refractivity contribution in [2.24, 2.45) is 10.1 Å². The van der Waals surface area contributed by atoms with Gasteiger partial charge in [-0.25, -0.2) is 9.69 Å². The number of furan rings is 1. The van der Waals surface area contributed by atoms with Gasteiger partial charge in [0.15, 0.2) is 5.84 Å². The number of hydroxylamine groups is 1. The zero-order valence-electron chi connectivity index (χ0n) is 8.67. The summed E-state index contributed by atoms with van der Waals surface area (Å²) in [6.07, 6.45) is 0. The van der Waals surface area contributed by atoms with E-state index >= 15 is 0 Å². The lowest BCUT2D eigenvalue weighted by molar-refractivity contribution is 0.306. The van der Waals surface area contributed by atoms with Crippen LogP contribution in [-0.2, 0) is 22.1 Å². The van der Waals surface area contributed by atoms with Crippen molar-refractivity contribution in [1.29, 1.82) is 0 Å². The third kappa shape index (κ3) is 1.84. The maximum Gasteiger partial charge on any atom is 0.309 e. The van der Waals surface area contributed by atoms with Gasteiger partial charge in [-0.1, -0.05) is 0 Å². The number of hydrogen-bond donors (Lipinski definition) is 2. The van der Waals surface area contributed by atoms with Crippen molar-refractivity contribution in [1.82, 2.24) is 5.48 Å². The van der Waals surface area contributed by atoms with Gasteiger partial charge in [-0.15, -0.1) is 4.40 Å². The van der Waals surface area contributed by atoms with Gasteiger partial charge in [0.25, 0.3) is 0 Å². The third-order valence-corrected chi connectivity index (χ3v) is 2.97. The quantitative estimate of drug-likeness (QED) is 0.822. The molecule has 88 valence electrons. The average Bonchev–Trinajstić information content (AvgIpc) is 2.93. The van der Waals surface area contributed by atoms with Gasteiger partial charge in [0.2, 0.25) is 0 Å². The fourth-order valence-electron chi connectivity index (χ4n) is 1.64. The number of rotatable bonds is 2. The van der Waals surface area contributed by atoms with Crippen LogP contribution in [0.3, 0.4) is 0 Å². The molecule has 2 heterocycles. The Morgan fingerprint density at radius 2 is 2.29 bits per heavy atom. The Morgan fingerprint density at radius 3 is 3.00 bits per heavy atom. The van der Waals surface area contributed by atoms with Crippen molar-refractivity contribution in [3.8, 4) is 0 Å². The smallest absolute Gasteiger partial charge is 0.309 e. The Balaban J connectivity index is 2.07. The van der Waals surface area contributed by atoms with E-state index in [2.05, 4.69) is 14.2 Å². The van der Waals surface area contributed by atoms with E-state index < -0.39 is 11.3 Å². The highest BCUT2D eigenvalue weighted by Crippen LogP contribution is 2.21. The van der Waals surface area contributed by atoms with E-state index in [4.69, 9.17) is 10.2 Å². The second-order valence-electron chi connectivity index (χ2n) is 3.51. The van der Waals surface area contributed by atoms with Crippen LogP contribution >= 0.6 is 0 Å². The molecule has 1 atom stereocenters. The molecule has 1 aliphatic heterocycles. The molecule has 6 nitrogen and oxygen atoms in total. The highest BCUT2D eigenvalue weighted by Gasteiger charge is 2.15. The van der Waals surface area contributed by atoms with Crippen LogP contribution in [0.25, 0.3) is 11.0 Å². The summed E-state index contributed by atoms with van der Waals surface area (Å²) in [5.74, 6) is 1.17.